The molecule has 2 N–H and O–H groups in total. The van der Waals surface area contributed by atoms with E-state index < -0.39 is 5.97 Å². The van der Waals surface area contributed by atoms with Crippen molar-refractivity contribution < 1.29 is 14.7 Å². The standard InChI is InChI=1S/C14H14N4O3/c19-12(20)5-3-7-16-14(21)10-8-17-13(18-9-10)11-4-1-2-6-15-11/h1-2,4,6,8-9H,3,5,7H2,(H,16,21)(H,19,20). The fraction of sp³-hybridized carbons (Fsp3) is 0.214. The molecule has 0 aliphatic heterocycles. The first-order valence-electron chi connectivity index (χ1n) is 6.40. The van der Waals surface area contributed by atoms with Crippen molar-refractivity contribution in [1.29, 1.82) is 0 Å². The van der Waals surface area contributed by atoms with Crippen LogP contribution in [0.25, 0.3) is 11.5 Å². The maximum atomic E-state index is 11.8. The molecule has 0 saturated heterocycles. The van der Waals surface area contributed by atoms with Gasteiger partial charge in [-0.05, 0) is 18.6 Å². The van der Waals surface area contributed by atoms with E-state index in [1.54, 1.807) is 18.3 Å². The van der Waals surface area contributed by atoms with Crippen LogP contribution in [0.1, 0.15) is 23.2 Å². The van der Waals surface area contributed by atoms with E-state index in [9.17, 15) is 9.59 Å². The van der Waals surface area contributed by atoms with Crippen LogP contribution >= 0.6 is 0 Å². The van der Waals surface area contributed by atoms with Gasteiger partial charge >= 0.3 is 5.97 Å². The summed E-state index contributed by atoms with van der Waals surface area (Å²) in [6, 6.07) is 5.40. The lowest BCUT2D eigenvalue weighted by Crippen LogP contribution is -2.25. The summed E-state index contributed by atoms with van der Waals surface area (Å²) in [6.45, 7) is 0.299. The molecule has 0 radical (unpaired) electrons. The van der Waals surface area contributed by atoms with Gasteiger partial charge in [0.2, 0.25) is 0 Å². The number of nitrogens with one attached hydrogen (secondary N) is 1. The van der Waals surface area contributed by atoms with Crippen LogP contribution in [-0.2, 0) is 4.79 Å². The van der Waals surface area contributed by atoms with E-state index in [1.165, 1.54) is 12.4 Å². The Morgan fingerprint density at radius 3 is 2.52 bits per heavy atom. The summed E-state index contributed by atoms with van der Waals surface area (Å²) >= 11 is 0. The van der Waals surface area contributed by atoms with Crippen LogP contribution in [0.5, 0.6) is 0 Å². The molecule has 2 heterocycles. The van der Waals surface area contributed by atoms with Gasteiger partial charge in [0.15, 0.2) is 5.82 Å². The quantitative estimate of drug-likeness (QED) is 0.771. The highest BCUT2D eigenvalue weighted by molar-refractivity contribution is 5.93. The Balaban J connectivity index is 1.93. The zero-order chi connectivity index (χ0) is 15.1. The molecule has 0 bridgehead atoms. The van der Waals surface area contributed by atoms with Gasteiger partial charge in [-0.2, -0.15) is 0 Å². The van der Waals surface area contributed by atoms with Crippen LogP contribution < -0.4 is 5.32 Å². The van der Waals surface area contributed by atoms with E-state index >= 15 is 0 Å². The van der Waals surface area contributed by atoms with Gasteiger partial charge in [-0.15, -0.1) is 0 Å². The number of aliphatic carboxylic acids is 1. The molecular formula is C14H14N4O3. The van der Waals surface area contributed by atoms with Crippen LogP contribution in [0.15, 0.2) is 36.8 Å². The van der Waals surface area contributed by atoms with Crippen molar-refractivity contribution in [3.8, 4) is 11.5 Å². The number of carbonyl (C=O) groups is 2. The molecule has 108 valence electrons. The number of rotatable bonds is 6. The van der Waals surface area contributed by atoms with Crippen LogP contribution in [-0.4, -0.2) is 38.5 Å². The maximum absolute atomic E-state index is 11.8. The molecule has 0 atom stereocenters. The minimum atomic E-state index is -0.882. The fourth-order valence-corrected chi connectivity index (χ4v) is 1.62. The molecule has 2 rings (SSSR count). The summed E-state index contributed by atoms with van der Waals surface area (Å²) in [7, 11) is 0. The van der Waals surface area contributed by atoms with Crippen molar-refractivity contribution in [2.75, 3.05) is 6.54 Å². The van der Waals surface area contributed by atoms with E-state index in [0.717, 1.165) is 0 Å². The highest BCUT2D eigenvalue weighted by Gasteiger charge is 2.08. The summed E-state index contributed by atoms with van der Waals surface area (Å²) in [5.74, 6) is -0.765. The molecule has 0 aliphatic rings. The van der Waals surface area contributed by atoms with Crippen LogP contribution in [0.4, 0.5) is 0 Å². The topological polar surface area (TPSA) is 105 Å². The van der Waals surface area contributed by atoms with E-state index in [-0.39, 0.29) is 12.3 Å². The zero-order valence-electron chi connectivity index (χ0n) is 11.2. The van der Waals surface area contributed by atoms with Gasteiger partial charge in [0, 0.05) is 31.6 Å². The van der Waals surface area contributed by atoms with Gasteiger partial charge in [0.1, 0.15) is 5.69 Å². The van der Waals surface area contributed by atoms with E-state index in [1.807, 2.05) is 6.07 Å². The number of carbonyl (C=O) groups excluding carboxylic acids is 1. The maximum Gasteiger partial charge on any atom is 0.303 e. The average Bonchev–Trinajstić information content (AvgIpc) is 2.52. The van der Waals surface area contributed by atoms with Crippen molar-refractivity contribution in [3.05, 3.63) is 42.4 Å². The molecule has 2 aromatic heterocycles. The van der Waals surface area contributed by atoms with Crippen molar-refractivity contribution in [3.63, 3.8) is 0 Å². The summed E-state index contributed by atoms with van der Waals surface area (Å²) in [4.78, 5) is 34.4. The number of carboxylic acid groups (broad SMARTS) is 1. The minimum Gasteiger partial charge on any atom is -0.481 e. The number of hydrogen-bond acceptors (Lipinski definition) is 5. The monoisotopic (exact) mass is 286 g/mol. The second-order valence-electron chi connectivity index (χ2n) is 4.26. The molecule has 21 heavy (non-hydrogen) atoms. The first kappa shape index (κ1) is 14.6. The minimum absolute atomic E-state index is 0.0232. The van der Waals surface area contributed by atoms with Gasteiger partial charge in [-0.1, -0.05) is 6.07 Å². The van der Waals surface area contributed by atoms with Crippen LogP contribution in [0.3, 0.4) is 0 Å². The number of amides is 1. The SMILES string of the molecule is O=C(O)CCCNC(=O)c1cnc(-c2ccccn2)nc1. The second-order valence-corrected chi connectivity index (χ2v) is 4.26. The molecule has 7 heteroatoms. The summed E-state index contributed by atoms with van der Waals surface area (Å²) < 4.78 is 0. The van der Waals surface area contributed by atoms with E-state index in [2.05, 4.69) is 20.3 Å². The van der Waals surface area contributed by atoms with Gasteiger partial charge < -0.3 is 10.4 Å². The van der Waals surface area contributed by atoms with Crippen molar-refractivity contribution >= 4 is 11.9 Å². The molecule has 0 saturated carbocycles. The average molecular weight is 286 g/mol. The molecule has 1 amide bonds. The first-order valence-corrected chi connectivity index (χ1v) is 6.40. The third kappa shape index (κ3) is 4.34. The van der Waals surface area contributed by atoms with Gasteiger partial charge in [-0.25, -0.2) is 9.97 Å². The Kier molecular flexibility index (Phi) is 4.92. The van der Waals surface area contributed by atoms with Crippen molar-refractivity contribution in [1.82, 2.24) is 20.3 Å². The molecule has 7 nitrogen and oxygen atoms in total. The lowest BCUT2D eigenvalue weighted by molar-refractivity contribution is -0.137. The van der Waals surface area contributed by atoms with Gasteiger partial charge in [0.05, 0.1) is 5.56 Å². The smallest absolute Gasteiger partial charge is 0.303 e. The largest absolute Gasteiger partial charge is 0.481 e. The normalized spacial score (nSPS) is 10.1. The number of pyridine rings is 1. The Morgan fingerprint density at radius 2 is 1.90 bits per heavy atom. The summed E-state index contributed by atoms with van der Waals surface area (Å²) in [6.07, 6.45) is 4.89. The fourth-order valence-electron chi connectivity index (χ4n) is 1.62. The molecule has 0 fully saturated rings. The zero-order valence-corrected chi connectivity index (χ0v) is 11.2. The number of hydrogen-bond donors (Lipinski definition) is 2. The predicted octanol–water partition coefficient (Wildman–Crippen LogP) is 1.13. The number of carboxylic acids is 1. The van der Waals surface area contributed by atoms with Crippen molar-refractivity contribution in [2.45, 2.75) is 12.8 Å². The van der Waals surface area contributed by atoms with Crippen LogP contribution in [0.2, 0.25) is 0 Å². The summed E-state index contributed by atoms with van der Waals surface area (Å²) in [5.41, 5.74) is 0.955. The Morgan fingerprint density at radius 1 is 1.14 bits per heavy atom. The van der Waals surface area contributed by atoms with Crippen molar-refractivity contribution in [2.24, 2.45) is 0 Å². The third-order valence-electron chi connectivity index (χ3n) is 2.66. The highest BCUT2D eigenvalue weighted by atomic mass is 16.4. The van der Waals surface area contributed by atoms with E-state index in [4.69, 9.17) is 5.11 Å². The van der Waals surface area contributed by atoms with Crippen LogP contribution in [0, 0.1) is 0 Å². The summed E-state index contributed by atoms with van der Waals surface area (Å²) in [5, 5.41) is 11.1. The molecule has 0 spiro atoms. The highest BCUT2D eigenvalue weighted by Crippen LogP contribution is 2.09. The Labute approximate surface area is 121 Å². The molecular weight excluding hydrogens is 272 g/mol. The molecule has 0 aliphatic carbocycles. The molecule has 0 aromatic carbocycles. The van der Waals surface area contributed by atoms with Gasteiger partial charge in [0.25, 0.3) is 5.91 Å². The lowest BCUT2D eigenvalue weighted by Gasteiger charge is -2.04. The first-order chi connectivity index (χ1) is 10.2. The number of nitrogens with zero attached hydrogens (tertiary/aromatic N) is 3. The predicted molar refractivity (Wildman–Crippen MR) is 74.5 cm³/mol. The lowest BCUT2D eigenvalue weighted by atomic mass is 10.2. The number of aromatic nitrogens is 3. The molecule has 2 aromatic rings. The third-order valence-corrected chi connectivity index (χ3v) is 2.66. The Bertz CT molecular complexity index is 614. The molecule has 0 unspecified atom stereocenters. The van der Waals surface area contributed by atoms with Gasteiger partial charge in [-0.3, -0.25) is 14.6 Å². The van der Waals surface area contributed by atoms with E-state index in [0.29, 0.717) is 30.0 Å². The second kappa shape index (κ2) is 7.09. The Hall–Kier alpha value is -2.83.